The molecule has 2 bridgehead atoms. The standard InChI is InChI=1S/C17H24O2/c1-2-9-19-12-17(18)15-7-8-16(17)11-14-6-4-3-5-13(14)10-15/h3-6,15-16,18H,2,7-12H2,1H3. The third-order valence-corrected chi connectivity index (χ3v) is 5.01. The van der Waals surface area contributed by atoms with E-state index in [1.54, 1.807) is 0 Å². The largest absolute Gasteiger partial charge is 0.387 e. The fourth-order valence-electron chi connectivity index (χ4n) is 3.90. The molecule has 2 unspecified atom stereocenters. The number of hydrogen-bond acceptors (Lipinski definition) is 2. The average molecular weight is 260 g/mol. The van der Waals surface area contributed by atoms with Crippen molar-refractivity contribution in [2.24, 2.45) is 11.8 Å². The maximum Gasteiger partial charge on any atom is 0.0942 e. The number of aliphatic hydroxyl groups is 1. The van der Waals surface area contributed by atoms with Gasteiger partial charge in [0.15, 0.2) is 0 Å². The van der Waals surface area contributed by atoms with Crippen molar-refractivity contribution in [3.63, 3.8) is 0 Å². The number of ether oxygens (including phenoxy) is 1. The molecular weight excluding hydrogens is 236 g/mol. The van der Waals surface area contributed by atoms with Crippen LogP contribution in [0, 0.1) is 11.8 Å². The molecule has 2 aliphatic rings. The normalized spacial score (nSPS) is 32.9. The van der Waals surface area contributed by atoms with Gasteiger partial charge in [-0.05, 0) is 55.1 Å². The summed E-state index contributed by atoms with van der Waals surface area (Å²) in [6, 6.07) is 8.68. The highest BCUT2D eigenvalue weighted by molar-refractivity contribution is 5.31. The average Bonchev–Trinajstić information content (AvgIpc) is 2.62. The van der Waals surface area contributed by atoms with E-state index in [2.05, 4.69) is 31.2 Å². The zero-order valence-corrected chi connectivity index (χ0v) is 11.8. The minimum Gasteiger partial charge on any atom is -0.387 e. The Kier molecular flexibility index (Phi) is 3.64. The SMILES string of the molecule is CCCOCC1(O)C2CCC1Cc1ccccc1C2. The van der Waals surface area contributed by atoms with Crippen LogP contribution in [0.1, 0.15) is 37.3 Å². The lowest BCUT2D eigenvalue weighted by atomic mass is 9.83. The van der Waals surface area contributed by atoms with Gasteiger partial charge < -0.3 is 9.84 Å². The summed E-state index contributed by atoms with van der Waals surface area (Å²) < 4.78 is 5.71. The van der Waals surface area contributed by atoms with E-state index in [1.165, 1.54) is 11.1 Å². The van der Waals surface area contributed by atoms with Crippen molar-refractivity contribution in [1.29, 1.82) is 0 Å². The van der Waals surface area contributed by atoms with Crippen LogP contribution in [0.25, 0.3) is 0 Å². The summed E-state index contributed by atoms with van der Waals surface area (Å²) in [7, 11) is 0. The highest BCUT2D eigenvalue weighted by Gasteiger charge is 2.50. The lowest BCUT2D eigenvalue weighted by Gasteiger charge is -2.33. The second kappa shape index (κ2) is 5.26. The number of benzene rings is 1. The van der Waals surface area contributed by atoms with Crippen molar-refractivity contribution in [2.75, 3.05) is 13.2 Å². The van der Waals surface area contributed by atoms with E-state index in [9.17, 15) is 5.11 Å². The summed E-state index contributed by atoms with van der Waals surface area (Å²) in [5.74, 6) is 0.746. The molecule has 1 saturated carbocycles. The van der Waals surface area contributed by atoms with Gasteiger partial charge in [0.2, 0.25) is 0 Å². The monoisotopic (exact) mass is 260 g/mol. The van der Waals surface area contributed by atoms with Crippen LogP contribution in [0.4, 0.5) is 0 Å². The Bertz CT molecular complexity index is 408. The predicted octanol–water partition coefficient (Wildman–Crippen LogP) is 2.97. The first-order valence-electron chi connectivity index (χ1n) is 7.61. The lowest BCUT2D eigenvalue weighted by Crippen LogP contribution is -2.44. The maximum atomic E-state index is 11.1. The van der Waals surface area contributed by atoms with E-state index < -0.39 is 5.60 Å². The van der Waals surface area contributed by atoms with Crippen LogP contribution < -0.4 is 0 Å². The number of rotatable bonds is 4. The Hall–Kier alpha value is -0.860. The first kappa shape index (κ1) is 13.1. The molecule has 0 aromatic heterocycles. The van der Waals surface area contributed by atoms with Gasteiger partial charge in [-0.15, -0.1) is 0 Å². The molecule has 1 N–H and O–H groups in total. The maximum absolute atomic E-state index is 11.1. The summed E-state index contributed by atoms with van der Waals surface area (Å²) in [5, 5.41) is 11.1. The van der Waals surface area contributed by atoms with Crippen LogP contribution in [-0.2, 0) is 17.6 Å². The van der Waals surface area contributed by atoms with E-state index in [1.807, 2.05) is 0 Å². The van der Waals surface area contributed by atoms with E-state index in [0.717, 1.165) is 38.7 Å². The minimum atomic E-state index is -0.603. The van der Waals surface area contributed by atoms with Gasteiger partial charge in [-0.25, -0.2) is 0 Å². The predicted molar refractivity (Wildman–Crippen MR) is 76.1 cm³/mol. The smallest absolute Gasteiger partial charge is 0.0942 e. The van der Waals surface area contributed by atoms with Crippen LogP contribution >= 0.6 is 0 Å². The molecule has 1 aromatic rings. The molecule has 2 atom stereocenters. The highest BCUT2D eigenvalue weighted by atomic mass is 16.5. The third-order valence-electron chi connectivity index (χ3n) is 5.01. The molecule has 2 heteroatoms. The zero-order valence-electron chi connectivity index (χ0n) is 11.8. The Morgan fingerprint density at radius 2 is 1.74 bits per heavy atom. The van der Waals surface area contributed by atoms with Gasteiger partial charge in [0.1, 0.15) is 0 Å². The summed E-state index contributed by atoms with van der Waals surface area (Å²) in [6.07, 6.45) is 5.33. The van der Waals surface area contributed by atoms with Crippen LogP contribution in [0.3, 0.4) is 0 Å². The second-order valence-corrected chi connectivity index (χ2v) is 6.19. The van der Waals surface area contributed by atoms with Crippen LogP contribution in [0.5, 0.6) is 0 Å². The molecule has 2 aliphatic carbocycles. The Balaban J connectivity index is 1.82. The number of hydrogen-bond donors (Lipinski definition) is 1. The summed E-state index contributed by atoms with van der Waals surface area (Å²) in [6.45, 7) is 3.39. The van der Waals surface area contributed by atoms with Gasteiger partial charge >= 0.3 is 0 Å². The van der Waals surface area contributed by atoms with E-state index >= 15 is 0 Å². The summed E-state index contributed by atoms with van der Waals surface area (Å²) >= 11 is 0. The van der Waals surface area contributed by atoms with Crippen LogP contribution in [0.2, 0.25) is 0 Å². The Labute approximate surface area is 115 Å². The summed E-state index contributed by atoms with van der Waals surface area (Å²) in [5.41, 5.74) is 2.26. The first-order valence-corrected chi connectivity index (χ1v) is 7.61. The molecule has 0 heterocycles. The second-order valence-electron chi connectivity index (χ2n) is 6.19. The third kappa shape index (κ3) is 2.32. The highest BCUT2D eigenvalue weighted by Crippen LogP contribution is 2.47. The van der Waals surface area contributed by atoms with E-state index in [4.69, 9.17) is 4.74 Å². The van der Waals surface area contributed by atoms with Crippen LogP contribution in [-0.4, -0.2) is 23.9 Å². The zero-order chi connectivity index (χ0) is 13.3. The van der Waals surface area contributed by atoms with Gasteiger partial charge in [0, 0.05) is 6.61 Å². The van der Waals surface area contributed by atoms with Gasteiger partial charge in [0.25, 0.3) is 0 Å². The fourth-order valence-corrected chi connectivity index (χ4v) is 3.90. The molecule has 1 aromatic carbocycles. The molecule has 2 nitrogen and oxygen atoms in total. The molecule has 0 amide bonds. The minimum absolute atomic E-state index is 0.373. The summed E-state index contributed by atoms with van der Waals surface area (Å²) in [4.78, 5) is 0. The molecule has 0 radical (unpaired) electrons. The molecule has 3 rings (SSSR count). The van der Waals surface area contributed by atoms with Crippen molar-refractivity contribution < 1.29 is 9.84 Å². The van der Waals surface area contributed by atoms with Gasteiger partial charge in [-0.1, -0.05) is 31.2 Å². The van der Waals surface area contributed by atoms with Gasteiger partial charge in [0.05, 0.1) is 12.2 Å². The molecule has 104 valence electrons. The molecule has 0 aliphatic heterocycles. The molecule has 0 saturated heterocycles. The van der Waals surface area contributed by atoms with Crippen molar-refractivity contribution >= 4 is 0 Å². The lowest BCUT2D eigenvalue weighted by molar-refractivity contribution is -0.0962. The molecular formula is C17H24O2. The fraction of sp³-hybridized carbons (Fsp3) is 0.647. The topological polar surface area (TPSA) is 29.5 Å². The molecule has 19 heavy (non-hydrogen) atoms. The molecule has 1 fully saturated rings. The van der Waals surface area contributed by atoms with Crippen molar-refractivity contribution in [1.82, 2.24) is 0 Å². The molecule has 0 spiro atoms. The Morgan fingerprint density at radius 3 is 2.26 bits per heavy atom. The van der Waals surface area contributed by atoms with E-state index in [-0.39, 0.29) is 0 Å². The quantitative estimate of drug-likeness (QED) is 0.843. The number of fused-ring (bicyclic) bond motifs is 3. The van der Waals surface area contributed by atoms with Crippen molar-refractivity contribution in [3.8, 4) is 0 Å². The van der Waals surface area contributed by atoms with E-state index in [0.29, 0.717) is 18.4 Å². The van der Waals surface area contributed by atoms with Crippen molar-refractivity contribution in [2.45, 2.75) is 44.6 Å². The van der Waals surface area contributed by atoms with Gasteiger partial charge in [-0.2, -0.15) is 0 Å². The first-order chi connectivity index (χ1) is 9.24. The van der Waals surface area contributed by atoms with Crippen LogP contribution in [0.15, 0.2) is 24.3 Å². The van der Waals surface area contributed by atoms with Gasteiger partial charge in [-0.3, -0.25) is 0 Å². The Morgan fingerprint density at radius 1 is 1.16 bits per heavy atom. The van der Waals surface area contributed by atoms with Crippen molar-refractivity contribution in [3.05, 3.63) is 35.4 Å².